The summed E-state index contributed by atoms with van der Waals surface area (Å²) >= 11 is 0. The molecule has 0 aliphatic carbocycles. The monoisotopic (exact) mass is 422 g/mol. The first kappa shape index (κ1) is 22.5. The highest BCUT2D eigenvalue weighted by molar-refractivity contribution is 7.89. The molecule has 0 heterocycles. The summed E-state index contributed by atoms with van der Waals surface area (Å²) in [6.45, 7) is 1.53. The molecule has 2 aromatic rings. The van der Waals surface area contributed by atoms with Gasteiger partial charge in [0, 0.05) is 25.7 Å². The van der Waals surface area contributed by atoms with E-state index in [0.29, 0.717) is 5.69 Å². The first-order chi connectivity index (χ1) is 13.7. The molecule has 0 radical (unpaired) electrons. The maximum Gasteiger partial charge on any atom is 0.306 e. The number of amides is 1. The predicted octanol–water partition coefficient (Wildman–Crippen LogP) is 2.80. The molecule has 0 bridgehead atoms. The first-order valence-electron chi connectivity index (χ1n) is 8.97. The van der Waals surface area contributed by atoms with Crippen LogP contribution in [-0.2, 0) is 24.3 Å². The molecule has 0 aliphatic heterocycles. The van der Waals surface area contributed by atoms with E-state index in [1.54, 1.807) is 24.3 Å². The summed E-state index contributed by atoms with van der Waals surface area (Å²) in [6, 6.07) is 13.3. The Morgan fingerprint density at radius 2 is 1.72 bits per heavy atom. The average molecular weight is 422 g/mol. The van der Waals surface area contributed by atoms with Gasteiger partial charge in [-0.25, -0.2) is 17.1 Å². The van der Waals surface area contributed by atoms with Crippen LogP contribution >= 0.6 is 0 Å². The molecular weight excluding hydrogens is 399 g/mol. The molecule has 9 heteroatoms. The summed E-state index contributed by atoms with van der Waals surface area (Å²) in [7, 11) is -2.40. The van der Waals surface area contributed by atoms with Crippen LogP contribution in [-0.4, -0.2) is 44.3 Å². The summed E-state index contributed by atoms with van der Waals surface area (Å²) in [5.41, 5.74) is 0.591. The Bertz CT molecular complexity index is 933. The molecule has 0 fully saturated rings. The van der Waals surface area contributed by atoms with E-state index >= 15 is 0 Å². The van der Waals surface area contributed by atoms with Gasteiger partial charge in [0.2, 0.25) is 10.0 Å². The Morgan fingerprint density at radius 1 is 1.10 bits per heavy atom. The second kappa shape index (κ2) is 10.1. The van der Waals surface area contributed by atoms with Crippen molar-refractivity contribution in [3.8, 4) is 0 Å². The molecule has 2 aromatic carbocycles. The standard InChI is InChI=1S/C20H23FN2O5S/c1-15(20(25)22-17-7-4-3-5-8-17)28-19(24)9-6-14-23(2)29(26,27)18-12-10-16(21)11-13-18/h3-5,7-8,10-13,15H,6,9,14H2,1-2H3,(H,22,25). The minimum absolute atomic E-state index is 0.0322. The number of rotatable bonds is 9. The highest BCUT2D eigenvalue weighted by Gasteiger charge is 2.22. The number of esters is 1. The molecule has 7 nitrogen and oxygen atoms in total. The molecule has 156 valence electrons. The van der Waals surface area contributed by atoms with E-state index in [-0.39, 0.29) is 24.3 Å². The Kier molecular flexibility index (Phi) is 7.86. The van der Waals surface area contributed by atoms with Crippen molar-refractivity contribution in [2.24, 2.45) is 0 Å². The summed E-state index contributed by atoms with van der Waals surface area (Å²) in [6.07, 6.45) is -0.821. The molecule has 1 N–H and O–H groups in total. The quantitative estimate of drug-likeness (QED) is 0.628. The molecule has 29 heavy (non-hydrogen) atoms. The lowest BCUT2D eigenvalue weighted by Crippen LogP contribution is -2.31. The van der Waals surface area contributed by atoms with Crippen molar-refractivity contribution in [2.45, 2.75) is 30.8 Å². The normalized spacial score (nSPS) is 12.4. The minimum atomic E-state index is -3.77. The number of sulfonamides is 1. The van der Waals surface area contributed by atoms with Gasteiger partial charge in [-0.15, -0.1) is 0 Å². The topological polar surface area (TPSA) is 92.8 Å². The highest BCUT2D eigenvalue weighted by Crippen LogP contribution is 2.15. The second-order valence-electron chi connectivity index (χ2n) is 6.37. The Balaban J connectivity index is 1.78. The number of halogens is 1. The van der Waals surface area contributed by atoms with Gasteiger partial charge in [-0.1, -0.05) is 18.2 Å². The Labute approximate surface area is 169 Å². The number of nitrogens with zero attached hydrogens (tertiary/aromatic N) is 1. The summed E-state index contributed by atoms with van der Waals surface area (Å²) < 4.78 is 43.9. The van der Waals surface area contributed by atoms with Crippen molar-refractivity contribution in [1.29, 1.82) is 0 Å². The van der Waals surface area contributed by atoms with Gasteiger partial charge in [0.1, 0.15) is 5.82 Å². The number of para-hydroxylation sites is 1. The molecule has 0 saturated heterocycles. The third-order valence-corrected chi connectivity index (χ3v) is 5.97. The van der Waals surface area contributed by atoms with Gasteiger partial charge in [-0.2, -0.15) is 0 Å². The smallest absolute Gasteiger partial charge is 0.306 e. The molecule has 0 aliphatic rings. The van der Waals surface area contributed by atoms with Crippen LogP contribution in [0.3, 0.4) is 0 Å². The largest absolute Gasteiger partial charge is 0.453 e. The summed E-state index contributed by atoms with van der Waals surface area (Å²) in [5.74, 6) is -1.59. The van der Waals surface area contributed by atoms with Gasteiger partial charge < -0.3 is 10.1 Å². The number of ether oxygens (including phenoxy) is 1. The number of benzene rings is 2. The van der Waals surface area contributed by atoms with Gasteiger partial charge in [-0.3, -0.25) is 9.59 Å². The van der Waals surface area contributed by atoms with E-state index in [1.807, 2.05) is 6.07 Å². The summed E-state index contributed by atoms with van der Waals surface area (Å²) in [5, 5.41) is 2.63. The third-order valence-electron chi connectivity index (χ3n) is 4.09. The van der Waals surface area contributed by atoms with Crippen LogP contribution in [0.2, 0.25) is 0 Å². The Morgan fingerprint density at radius 3 is 2.34 bits per heavy atom. The molecule has 0 spiro atoms. The number of hydrogen-bond donors (Lipinski definition) is 1. The van der Waals surface area contributed by atoms with Gasteiger partial charge >= 0.3 is 5.97 Å². The van der Waals surface area contributed by atoms with Crippen molar-refractivity contribution < 1.29 is 27.1 Å². The number of nitrogens with one attached hydrogen (secondary N) is 1. The van der Waals surface area contributed by atoms with Crippen LogP contribution in [0.5, 0.6) is 0 Å². The molecular formula is C20H23FN2O5S. The minimum Gasteiger partial charge on any atom is -0.453 e. The molecule has 2 rings (SSSR count). The Hall–Kier alpha value is -2.78. The lowest BCUT2D eigenvalue weighted by atomic mass is 10.3. The van der Waals surface area contributed by atoms with Gasteiger partial charge in [0.05, 0.1) is 4.90 Å². The fraction of sp³-hybridized carbons (Fsp3) is 0.300. The SMILES string of the molecule is CC(OC(=O)CCCN(C)S(=O)(=O)c1ccc(F)cc1)C(=O)Nc1ccccc1. The average Bonchev–Trinajstić information content (AvgIpc) is 2.68. The molecule has 0 saturated carbocycles. The number of anilines is 1. The van der Waals surface area contributed by atoms with Gasteiger partial charge in [-0.05, 0) is 49.7 Å². The van der Waals surface area contributed by atoms with E-state index in [4.69, 9.17) is 4.74 Å². The molecule has 1 amide bonds. The lowest BCUT2D eigenvalue weighted by molar-refractivity contribution is -0.153. The maximum absolute atomic E-state index is 13.0. The first-order valence-corrected chi connectivity index (χ1v) is 10.4. The van der Waals surface area contributed by atoms with Crippen LogP contribution in [0, 0.1) is 5.82 Å². The molecule has 1 unspecified atom stereocenters. The van der Waals surface area contributed by atoms with Crippen molar-refractivity contribution in [2.75, 3.05) is 18.9 Å². The van der Waals surface area contributed by atoms with Crippen molar-refractivity contribution in [3.05, 3.63) is 60.4 Å². The second-order valence-corrected chi connectivity index (χ2v) is 8.42. The van der Waals surface area contributed by atoms with Crippen LogP contribution in [0.15, 0.2) is 59.5 Å². The van der Waals surface area contributed by atoms with E-state index in [1.165, 1.54) is 26.1 Å². The van der Waals surface area contributed by atoms with Crippen LogP contribution in [0.25, 0.3) is 0 Å². The van der Waals surface area contributed by atoms with E-state index in [9.17, 15) is 22.4 Å². The van der Waals surface area contributed by atoms with E-state index in [0.717, 1.165) is 16.4 Å². The summed E-state index contributed by atoms with van der Waals surface area (Å²) in [4.78, 5) is 23.9. The number of hydrogen-bond acceptors (Lipinski definition) is 5. The maximum atomic E-state index is 13.0. The number of carbonyl (C=O) groups excluding carboxylic acids is 2. The van der Waals surface area contributed by atoms with E-state index < -0.39 is 33.8 Å². The fourth-order valence-corrected chi connectivity index (χ4v) is 3.64. The molecule has 1 atom stereocenters. The fourth-order valence-electron chi connectivity index (χ4n) is 2.43. The van der Waals surface area contributed by atoms with Crippen LogP contribution in [0.1, 0.15) is 19.8 Å². The van der Waals surface area contributed by atoms with Crippen molar-refractivity contribution in [3.63, 3.8) is 0 Å². The highest BCUT2D eigenvalue weighted by atomic mass is 32.2. The van der Waals surface area contributed by atoms with Crippen LogP contribution < -0.4 is 5.32 Å². The third kappa shape index (κ3) is 6.65. The van der Waals surface area contributed by atoms with Crippen molar-refractivity contribution in [1.82, 2.24) is 4.31 Å². The van der Waals surface area contributed by atoms with E-state index in [2.05, 4.69) is 5.32 Å². The van der Waals surface area contributed by atoms with Crippen LogP contribution in [0.4, 0.5) is 10.1 Å². The van der Waals surface area contributed by atoms with Gasteiger partial charge in [0.15, 0.2) is 6.10 Å². The predicted molar refractivity (Wildman–Crippen MR) is 106 cm³/mol. The zero-order chi connectivity index (χ0) is 21.4. The zero-order valence-corrected chi connectivity index (χ0v) is 17.0. The zero-order valence-electron chi connectivity index (χ0n) is 16.2. The van der Waals surface area contributed by atoms with Crippen molar-refractivity contribution >= 4 is 27.6 Å². The number of carbonyl (C=O) groups is 2. The van der Waals surface area contributed by atoms with Gasteiger partial charge in [0.25, 0.3) is 5.91 Å². The lowest BCUT2D eigenvalue weighted by Gasteiger charge is -2.17. The molecule has 0 aromatic heterocycles.